The van der Waals surface area contributed by atoms with Gasteiger partial charge in [-0.1, -0.05) is 194 Å². The van der Waals surface area contributed by atoms with Gasteiger partial charge in [-0.25, -0.2) is 0 Å². The van der Waals surface area contributed by atoms with Crippen LogP contribution < -0.4 is 4.90 Å². The van der Waals surface area contributed by atoms with Crippen LogP contribution in [-0.2, 0) is 5.41 Å². The van der Waals surface area contributed by atoms with E-state index in [9.17, 15) is 0 Å². The van der Waals surface area contributed by atoms with Gasteiger partial charge >= 0.3 is 0 Å². The topological polar surface area (TPSA) is 8.17 Å². The Morgan fingerprint density at radius 3 is 1.46 bits per heavy atom. The molecule has 0 saturated heterocycles. The van der Waals surface area contributed by atoms with E-state index in [4.69, 9.17) is 0 Å². The summed E-state index contributed by atoms with van der Waals surface area (Å²) in [5.74, 6) is 0. The first-order valence-electron chi connectivity index (χ1n) is 21.8. The van der Waals surface area contributed by atoms with Crippen LogP contribution in [0.15, 0.2) is 255 Å². The molecule has 0 fully saturated rings. The Bertz CT molecular complexity index is 3370. The molecule has 1 aromatic heterocycles. The smallest absolute Gasteiger partial charge is 0.0714 e. The quantitative estimate of drug-likeness (QED) is 0.149. The van der Waals surface area contributed by atoms with E-state index in [0.717, 1.165) is 17.1 Å². The van der Waals surface area contributed by atoms with Crippen molar-refractivity contribution in [3.63, 3.8) is 0 Å². The summed E-state index contributed by atoms with van der Waals surface area (Å²) in [6.45, 7) is 0. The maximum Gasteiger partial charge on any atom is 0.0714 e. The predicted octanol–water partition coefficient (Wildman–Crippen LogP) is 16.0. The standard InChI is InChI=1S/C61H42N2/c1-5-17-47(18-6-1)61(48-19-7-2-8-20-48)57-27-15-13-25-53(57)54-40-38-52(42-58(54)61)62(49-21-9-3-10-22-49)51-36-33-44(34-37-51)43-29-31-45(32-30-43)46-35-39-56-55-26-14-16-28-59(55)63(60(56)41-46)50-23-11-4-12-24-50/h1-42H. The van der Waals surface area contributed by atoms with Crippen molar-refractivity contribution < 1.29 is 0 Å². The number of rotatable bonds is 8. The van der Waals surface area contributed by atoms with Crippen LogP contribution in [0.3, 0.4) is 0 Å². The third-order valence-electron chi connectivity index (χ3n) is 13.1. The first-order chi connectivity index (χ1) is 31.3. The highest BCUT2D eigenvalue weighted by atomic mass is 15.1. The predicted molar refractivity (Wildman–Crippen MR) is 264 cm³/mol. The minimum atomic E-state index is -0.477. The van der Waals surface area contributed by atoms with Gasteiger partial charge in [-0.15, -0.1) is 0 Å². The van der Waals surface area contributed by atoms with Crippen molar-refractivity contribution in [3.05, 3.63) is 277 Å². The summed E-state index contributed by atoms with van der Waals surface area (Å²) in [7, 11) is 0. The molecule has 0 aliphatic heterocycles. The molecule has 0 saturated carbocycles. The number of aromatic nitrogens is 1. The van der Waals surface area contributed by atoms with Gasteiger partial charge in [-0.3, -0.25) is 0 Å². The number of benzene rings is 10. The lowest BCUT2D eigenvalue weighted by atomic mass is 9.67. The Balaban J connectivity index is 0.921. The van der Waals surface area contributed by atoms with Crippen LogP contribution in [-0.4, -0.2) is 4.57 Å². The Kier molecular flexibility index (Phi) is 8.76. The van der Waals surface area contributed by atoms with Gasteiger partial charge in [0.15, 0.2) is 0 Å². The first-order valence-corrected chi connectivity index (χ1v) is 21.8. The van der Waals surface area contributed by atoms with E-state index in [2.05, 4.69) is 264 Å². The zero-order valence-corrected chi connectivity index (χ0v) is 34.6. The zero-order chi connectivity index (χ0) is 41.7. The molecule has 1 aliphatic carbocycles. The summed E-state index contributed by atoms with van der Waals surface area (Å²) >= 11 is 0. The van der Waals surface area contributed by atoms with Gasteiger partial charge in [0.05, 0.1) is 16.4 Å². The van der Waals surface area contributed by atoms with Crippen molar-refractivity contribution >= 4 is 38.9 Å². The molecule has 1 heterocycles. The van der Waals surface area contributed by atoms with Crippen LogP contribution in [0.2, 0.25) is 0 Å². The highest BCUT2D eigenvalue weighted by molar-refractivity contribution is 6.10. The van der Waals surface area contributed by atoms with Gasteiger partial charge in [0.25, 0.3) is 0 Å². The van der Waals surface area contributed by atoms with Crippen molar-refractivity contribution in [2.75, 3.05) is 4.90 Å². The van der Waals surface area contributed by atoms with Crippen molar-refractivity contribution in [2.45, 2.75) is 5.41 Å². The Morgan fingerprint density at radius 1 is 0.302 bits per heavy atom. The van der Waals surface area contributed by atoms with Crippen molar-refractivity contribution in [1.82, 2.24) is 4.57 Å². The largest absolute Gasteiger partial charge is 0.310 e. The zero-order valence-electron chi connectivity index (χ0n) is 34.6. The van der Waals surface area contributed by atoms with E-state index < -0.39 is 5.41 Å². The molecule has 0 unspecified atom stereocenters. The van der Waals surface area contributed by atoms with Gasteiger partial charge in [0.2, 0.25) is 0 Å². The lowest BCUT2D eigenvalue weighted by Crippen LogP contribution is -2.28. The molecule has 1 aliphatic rings. The van der Waals surface area contributed by atoms with E-state index in [1.165, 1.54) is 83.1 Å². The molecule has 2 nitrogen and oxygen atoms in total. The fraction of sp³-hybridized carbons (Fsp3) is 0.0164. The molecule has 12 rings (SSSR count). The molecule has 63 heavy (non-hydrogen) atoms. The second kappa shape index (κ2) is 15.1. The Morgan fingerprint density at radius 2 is 0.778 bits per heavy atom. The van der Waals surface area contributed by atoms with Gasteiger partial charge in [0, 0.05) is 33.5 Å². The summed E-state index contributed by atoms with van der Waals surface area (Å²) < 4.78 is 2.38. The van der Waals surface area contributed by atoms with Crippen LogP contribution >= 0.6 is 0 Å². The van der Waals surface area contributed by atoms with Crippen LogP contribution in [0.4, 0.5) is 17.1 Å². The van der Waals surface area contributed by atoms with Crippen molar-refractivity contribution in [1.29, 1.82) is 0 Å². The normalized spacial score (nSPS) is 12.6. The number of fused-ring (bicyclic) bond motifs is 6. The lowest BCUT2D eigenvalue weighted by Gasteiger charge is -2.35. The number of hydrogen-bond acceptors (Lipinski definition) is 1. The second-order valence-electron chi connectivity index (χ2n) is 16.5. The van der Waals surface area contributed by atoms with Crippen LogP contribution in [0.1, 0.15) is 22.3 Å². The third kappa shape index (κ3) is 5.95. The van der Waals surface area contributed by atoms with Crippen molar-refractivity contribution in [2.24, 2.45) is 0 Å². The summed E-state index contributed by atoms with van der Waals surface area (Å²) in [6, 6.07) is 93.1. The fourth-order valence-corrected chi connectivity index (χ4v) is 10.3. The summed E-state index contributed by atoms with van der Waals surface area (Å²) in [5.41, 5.74) is 18.9. The van der Waals surface area contributed by atoms with E-state index in [1.54, 1.807) is 0 Å². The van der Waals surface area contributed by atoms with Gasteiger partial charge < -0.3 is 9.47 Å². The van der Waals surface area contributed by atoms with E-state index in [0.29, 0.717) is 0 Å². The van der Waals surface area contributed by atoms with Crippen LogP contribution in [0.25, 0.3) is 60.9 Å². The summed E-state index contributed by atoms with van der Waals surface area (Å²) in [4.78, 5) is 2.39. The molecule has 0 bridgehead atoms. The summed E-state index contributed by atoms with van der Waals surface area (Å²) in [5, 5.41) is 2.53. The molecule has 10 aromatic carbocycles. The Labute approximate surface area is 368 Å². The monoisotopic (exact) mass is 802 g/mol. The first kappa shape index (κ1) is 36.6. The number of anilines is 3. The molecular formula is C61H42N2. The number of hydrogen-bond donors (Lipinski definition) is 0. The maximum absolute atomic E-state index is 2.44. The van der Waals surface area contributed by atoms with Gasteiger partial charge in [0.1, 0.15) is 0 Å². The summed E-state index contributed by atoms with van der Waals surface area (Å²) in [6.07, 6.45) is 0. The molecule has 296 valence electrons. The number of nitrogens with zero attached hydrogens (tertiary/aromatic N) is 2. The average molecular weight is 803 g/mol. The molecule has 0 atom stereocenters. The fourth-order valence-electron chi connectivity index (χ4n) is 10.3. The molecule has 0 radical (unpaired) electrons. The molecule has 0 N–H and O–H groups in total. The minimum absolute atomic E-state index is 0.477. The van der Waals surface area contributed by atoms with Crippen LogP contribution in [0.5, 0.6) is 0 Å². The SMILES string of the molecule is c1ccc(N(c2ccc(-c3ccc(-c4ccc5c6ccccc6n(-c6ccccc6)c5c4)cc3)cc2)c2ccc3c(c2)C(c2ccccc2)(c2ccccc2)c2ccccc2-3)cc1. The highest BCUT2D eigenvalue weighted by Gasteiger charge is 2.46. The molecular weight excluding hydrogens is 761 g/mol. The molecule has 0 amide bonds. The van der Waals surface area contributed by atoms with E-state index in [1.807, 2.05) is 0 Å². The van der Waals surface area contributed by atoms with Gasteiger partial charge in [-0.2, -0.15) is 0 Å². The molecule has 11 aromatic rings. The van der Waals surface area contributed by atoms with E-state index in [-0.39, 0.29) is 0 Å². The molecule has 2 heteroatoms. The molecule has 0 spiro atoms. The minimum Gasteiger partial charge on any atom is -0.310 e. The lowest BCUT2D eigenvalue weighted by molar-refractivity contribution is 0.768. The van der Waals surface area contributed by atoms with Gasteiger partial charge in [-0.05, 0) is 116 Å². The second-order valence-corrected chi connectivity index (χ2v) is 16.5. The maximum atomic E-state index is 2.44. The Hall–Kier alpha value is -8.20. The highest BCUT2D eigenvalue weighted by Crippen LogP contribution is 2.57. The average Bonchev–Trinajstić information content (AvgIpc) is 3.86. The third-order valence-corrected chi connectivity index (χ3v) is 13.1. The van der Waals surface area contributed by atoms with Crippen LogP contribution in [0, 0.1) is 0 Å². The van der Waals surface area contributed by atoms with E-state index >= 15 is 0 Å². The number of para-hydroxylation sites is 3. The van der Waals surface area contributed by atoms with Crippen molar-refractivity contribution in [3.8, 4) is 39.1 Å².